The van der Waals surface area contributed by atoms with E-state index in [9.17, 15) is 0 Å². The minimum Gasteiger partial charge on any atom is -0.310 e. The van der Waals surface area contributed by atoms with Crippen molar-refractivity contribution in [3.63, 3.8) is 0 Å². The fourth-order valence-electron chi connectivity index (χ4n) is 2.68. The first-order chi connectivity index (χ1) is 8.69. The molecule has 1 heterocycles. The lowest BCUT2D eigenvalue weighted by molar-refractivity contribution is 0.336. The van der Waals surface area contributed by atoms with Crippen molar-refractivity contribution < 1.29 is 0 Å². The average Bonchev–Trinajstić information content (AvgIpc) is 2.85. The molecule has 1 aliphatic rings. The summed E-state index contributed by atoms with van der Waals surface area (Å²) in [5, 5.41) is 3.68. The van der Waals surface area contributed by atoms with Crippen molar-refractivity contribution in [2.24, 2.45) is 5.92 Å². The molecule has 100 valence electrons. The molecule has 1 N–H and O–H groups in total. The van der Waals surface area contributed by atoms with Crippen LogP contribution in [0.2, 0.25) is 0 Å². The molecule has 0 saturated carbocycles. The van der Waals surface area contributed by atoms with Crippen molar-refractivity contribution in [2.75, 3.05) is 26.2 Å². The van der Waals surface area contributed by atoms with Crippen LogP contribution in [0.5, 0.6) is 0 Å². The Morgan fingerprint density at radius 1 is 1.33 bits per heavy atom. The fraction of sp³-hybridized carbons (Fsp3) is 0.625. The Bertz CT molecular complexity index is 358. The maximum absolute atomic E-state index is 3.68. The second-order valence-corrected chi connectivity index (χ2v) is 5.59. The first-order valence-electron chi connectivity index (χ1n) is 7.21. The standard InChI is InChI=1S/C16H26N2/c1-4-18-10-9-15(12-18)11-17-14(3)16-7-5-13(2)6-8-16/h5-8,14-15,17H,4,9-12H2,1-3H3. The van der Waals surface area contributed by atoms with Gasteiger partial charge in [0.05, 0.1) is 0 Å². The molecule has 0 amide bonds. The lowest BCUT2D eigenvalue weighted by Gasteiger charge is -2.18. The van der Waals surface area contributed by atoms with E-state index in [2.05, 4.69) is 55.3 Å². The van der Waals surface area contributed by atoms with Crippen molar-refractivity contribution in [1.29, 1.82) is 0 Å². The number of hydrogen-bond donors (Lipinski definition) is 1. The Hall–Kier alpha value is -0.860. The number of hydrogen-bond acceptors (Lipinski definition) is 2. The molecule has 1 fully saturated rings. The van der Waals surface area contributed by atoms with E-state index in [1.165, 1.54) is 37.2 Å². The van der Waals surface area contributed by atoms with Gasteiger partial charge in [0.15, 0.2) is 0 Å². The van der Waals surface area contributed by atoms with Gasteiger partial charge in [-0.25, -0.2) is 0 Å². The number of likely N-dealkylation sites (tertiary alicyclic amines) is 1. The molecule has 18 heavy (non-hydrogen) atoms. The molecule has 2 heteroatoms. The first kappa shape index (κ1) is 13.6. The molecule has 0 aliphatic carbocycles. The summed E-state index contributed by atoms with van der Waals surface area (Å²) in [4.78, 5) is 2.54. The van der Waals surface area contributed by atoms with E-state index >= 15 is 0 Å². The number of nitrogens with one attached hydrogen (secondary N) is 1. The molecule has 2 atom stereocenters. The van der Waals surface area contributed by atoms with Crippen LogP contribution in [0.1, 0.15) is 37.4 Å². The van der Waals surface area contributed by atoms with Crippen molar-refractivity contribution in [3.05, 3.63) is 35.4 Å². The summed E-state index contributed by atoms with van der Waals surface area (Å²) in [6, 6.07) is 9.32. The van der Waals surface area contributed by atoms with Crippen molar-refractivity contribution in [2.45, 2.75) is 33.2 Å². The van der Waals surface area contributed by atoms with E-state index in [4.69, 9.17) is 0 Å². The third-order valence-electron chi connectivity index (χ3n) is 4.11. The second-order valence-electron chi connectivity index (χ2n) is 5.59. The molecule has 2 rings (SSSR count). The Balaban J connectivity index is 1.78. The number of nitrogens with zero attached hydrogens (tertiary/aromatic N) is 1. The van der Waals surface area contributed by atoms with E-state index in [0.29, 0.717) is 6.04 Å². The molecule has 1 aromatic rings. The molecule has 1 aromatic carbocycles. The van der Waals surface area contributed by atoms with E-state index in [1.54, 1.807) is 0 Å². The number of benzene rings is 1. The van der Waals surface area contributed by atoms with Crippen LogP contribution in [-0.2, 0) is 0 Å². The number of rotatable bonds is 5. The topological polar surface area (TPSA) is 15.3 Å². The zero-order chi connectivity index (χ0) is 13.0. The van der Waals surface area contributed by atoms with Gasteiger partial charge in [0, 0.05) is 12.6 Å². The van der Waals surface area contributed by atoms with Gasteiger partial charge in [-0.3, -0.25) is 0 Å². The SMILES string of the molecule is CCN1CCC(CNC(C)c2ccc(C)cc2)C1. The molecule has 0 bridgehead atoms. The quantitative estimate of drug-likeness (QED) is 0.859. The maximum atomic E-state index is 3.68. The lowest BCUT2D eigenvalue weighted by Crippen LogP contribution is -2.28. The molecule has 2 nitrogen and oxygen atoms in total. The monoisotopic (exact) mass is 246 g/mol. The Kier molecular flexibility index (Phi) is 4.79. The largest absolute Gasteiger partial charge is 0.310 e. The Morgan fingerprint density at radius 2 is 2.06 bits per heavy atom. The highest BCUT2D eigenvalue weighted by Gasteiger charge is 2.21. The molecule has 1 aliphatic heterocycles. The summed E-state index contributed by atoms with van der Waals surface area (Å²) >= 11 is 0. The van der Waals surface area contributed by atoms with E-state index in [-0.39, 0.29) is 0 Å². The van der Waals surface area contributed by atoms with Crippen molar-refractivity contribution >= 4 is 0 Å². The molecule has 1 saturated heterocycles. The van der Waals surface area contributed by atoms with Gasteiger partial charge in [-0.1, -0.05) is 36.8 Å². The van der Waals surface area contributed by atoms with Crippen molar-refractivity contribution in [1.82, 2.24) is 10.2 Å². The van der Waals surface area contributed by atoms with Gasteiger partial charge in [0.2, 0.25) is 0 Å². The van der Waals surface area contributed by atoms with Crippen LogP contribution in [0, 0.1) is 12.8 Å². The first-order valence-corrected chi connectivity index (χ1v) is 7.21. The van der Waals surface area contributed by atoms with Crippen LogP contribution in [0.3, 0.4) is 0 Å². The summed E-state index contributed by atoms with van der Waals surface area (Å²) < 4.78 is 0. The average molecular weight is 246 g/mol. The van der Waals surface area contributed by atoms with Gasteiger partial charge in [-0.15, -0.1) is 0 Å². The zero-order valence-electron chi connectivity index (χ0n) is 11.9. The van der Waals surface area contributed by atoms with Gasteiger partial charge in [0.25, 0.3) is 0 Å². The molecule has 0 spiro atoms. The van der Waals surface area contributed by atoms with Gasteiger partial charge in [-0.05, 0) is 51.4 Å². The van der Waals surface area contributed by atoms with Gasteiger partial charge in [-0.2, -0.15) is 0 Å². The summed E-state index contributed by atoms with van der Waals surface area (Å²) in [7, 11) is 0. The predicted molar refractivity (Wildman–Crippen MR) is 77.8 cm³/mol. The van der Waals surface area contributed by atoms with Crippen LogP contribution in [-0.4, -0.2) is 31.1 Å². The molecular formula is C16H26N2. The van der Waals surface area contributed by atoms with Gasteiger partial charge in [0.1, 0.15) is 0 Å². The third kappa shape index (κ3) is 3.56. The van der Waals surface area contributed by atoms with Crippen LogP contribution in [0.4, 0.5) is 0 Å². The minimum absolute atomic E-state index is 0.460. The zero-order valence-corrected chi connectivity index (χ0v) is 11.9. The minimum atomic E-state index is 0.460. The molecular weight excluding hydrogens is 220 g/mol. The normalized spacial score (nSPS) is 22.3. The maximum Gasteiger partial charge on any atom is 0.0291 e. The Morgan fingerprint density at radius 3 is 2.67 bits per heavy atom. The Labute approximate surface area is 111 Å². The van der Waals surface area contributed by atoms with Crippen LogP contribution in [0.25, 0.3) is 0 Å². The van der Waals surface area contributed by atoms with E-state index in [0.717, 1.165) is 12.5 Å². The summed E-state index contributed by atoms with van der Waals surface area (Å²) in [5.41, 5.74) is 2.73. The van der Waals surface area contributed by atoms with E-state index < -0.39 is 0 Å². The molecule has 2 unspecified atom stereocenters. The van der Waals surface area contributed by atoms with Gasteiger partial charge < -0.3 is 10.2 Å². The third-order valence-corrected chi connectivity index (χ3v) is 4.11. The highest BCUT2D eigenvalue weighted by molar-refractivity contribution is 5.23. The smallest absolute Gasteiger partial charge is 0.0291 e. The fourth-order valence-corrected chi connectivity index (χ4v) is 2.68. The highest BCUT2D eigenvalue weighted by atomic mass is 15.1. The second kappa shape index (κ2) is 6.35. The van der Waals surface area contributed by atoms with E-state index in [1.807, 2.05) is 0 Å². The van der Waals surface area contributed by atoms with Gasteiger partial charge >= 0.3 is 0 Å². The summed E-state index contributed by atoms with van der Waals surface area (Å²) in [6.07, 6.45) is 1.35. The number of aryl methyl sites for hydroxylation is 1. The summed E-state index contributed by atoms with van der Waals surface area (Å²) in [6.45, 7) is 11.5. The predicted octanol–water partition coefficient (Wildman–Crippen LogP) is 2.99. The van der Waals surface area contributed by atoms with Crippen LogP contribution in [0.15, 0.2) is 24.3 Å². The summed E-state index contributed by atoms with van der Waals surface area (Å²) in [5.74, 6) is 0.831. The van der Waals surface area contributed by atoms with Crippen LogP contribution >= 0.6 is 0 Å². The molecule has 0 aromatic heterocycles. The molecule has 0 radical (unpaired) electrons. The lowest BCUT2D eigenvalue weighted by atomic mass is 10.0. The van der Waals surface area contributed by atoms with Crippen molar-refractivity contribution in [3.8, 4) is 0 Å². The highest BCUT2D eigenvalue weighted by Crippen LogP contribution is 2.17. The van der Waals surface area contributed by atoms with Crippen LogP contribution < -0.4 is 5.32 Å².